The summed E-state index contributed by atoms with van der Waals surface area (Å²) in [6.45, 7) is 5.97. The van der Waals surface area contributed by atoms with Crippen molar-refractivity contribution in [1.29, 1.82) is 0 Å². The van der Waals surface area contributed by atoms with Crippen LogP contribution in [0.25, 0.3) is 0 Å². The molecule has 0 spiro atoms. The van der Waals surface area contributed by atoms with E-state index in [1.165, 1.54) is 4.57 Å². The molecule has 4 atom stereocenters. The molecule has 3 heterocycles. The van der Waals surface area contributed by atoms with Gasteiger partial charge in [0.2, 0.25) is 5.90 Å². The molecule has 1 aromatic heterocycles. The Morgan fingerprint density at radius 2 is 2.19 bits per heavy atom. The molecular weight excluding hydrogens is 422 g/mol. The number of nitrogens with two attached hydrogens (primary N) is 1. The van der Waals surface area contributed by atoms with Crippen LogP contribution in [0, 0.1) is 0 Å². The van der Waals surface area contributed by atoms with Gasteiger partial charge < -0.3 is 45.5 Å². The first-order valence-corrected chi connectivity index (χ1v) is 10.7. The minimum atomic E-state index is -1.27. The van der Waals surface area contributed by atoms with E-state index in [0.29, 0.717) is 37.2 Å². The Bertz CT molecular complexity index is 882. The first-order chi connectivity index (χ1) is 15.3. The number of anilines is 1. The van der Waals surface area contributed by atoms with E-state index in [9.17, 15) is 15.0 Å². The van der Waals surface area contributed by atoms with Crippen molar-refractivity contribution in [3.63, 3.8) is 0 Å². The Morgan fingerprint density at radius 3 is 2.94 bits per heavy atom. The molecule has 0 aromatic carbocycles. The van der Waals surface area contributed by atoms with Crippen LogP contribution in [0.5, 0.6) is 0 Å². The summed E-state index contributed by atoms with van der Waals surface area (Å²) >= 11 is 0. The van der Waals surface area contributed by atoms with Crippen molar-refractivity contribution in [2.45, 2.75) is 51.2 Å². The van der Waals surface area contributed by atoms with Crippen molar-refractivity contribution in [3.05, 3.63) is 16.2 Å². The second-order valence-electron chi connectivity index (χ2n) is 7.79. The van der Waals surface area contributed by atoms with Crippen LogP contribution in [0.3, 0.4) is 0 Å². The Hall–Kier alpha value is -2.61. The smallest absolute Gasteiger partial charge is 0.329 e. The maximum Gasteiger partial charge on any atom is 0.329 e. The van der Waals surface area contributed by atoms with Crippen LogP contribution in [-0.2, 0) is 14.3 Å². The molecule has 0 unspecified atom stereocenters. The molecule has 13 nitrogen and oxygen atoms in total. The predicted octanol–water partition coefficient (Wildman–Crippen LogP) is -1.02. The number of fused-ring (bicyclic) bond motifs is 1. The number of hydrogen-bond acceptors (Lipinski definition) is 11. The summed E-state index contributed by atoms with van der Waals surface area (Å²) in [4.78, 5) is 26.3. The molecule has 1 aromatic rings. The maximum absolute atomic E-state index is 12.5. The standard InChI is InChI=1S/C19H33N7O6/c1-4-30-11(2)24-31-8-6-5-7-25(3)9-12-14(27)15(28)18(32-12)26-17-13(23-19(26)29)16(20)21-10-22-17/h12,14-15,18,22,27-28H,4-10H2,1-3H3,(H2,20,21)(H,23,29)/t12-,14-,15-,18-/m1/s1. The lowest BCUT2D eigenvalue weighted by atomic mass is 10.1. The molecule has 3 rings (SSSR count). The molecule has 32 heavy (non-hydrogen) atoms. The summed E-state index contributed by atoms with van der Waals surface area (Å²) in [6, 6.07) is 0. The van der Waals surface area contributed by atoms with E-state index < -0.39 is 30.2 Å². The van der Waals surface area contributed by atoms with Crippen molar-refractivity contribution >= 4 is 17.6 Å². The Kier molecular flexibility index (Phi) is 8.12. The van der Waals surface area contributed by atoms with Crippen LogP contribution in [-0.4, -0.2) is 94.7 Å². The molecule has 0 amide bonds. The molecule has 2 aliphatic rings. The molecule has 0 saturated carbocycles. The number of oxime groups is 1. The molecule has 0 bridgehead atoms. The first kappa shape index (κ1) is 24.0. The highest BCUT2D eigenvalue weighted by Gasteiger charge is 2.45. The van der Waals surface area contributed by atoms with E-state index >= 15 is 0 Å². The summed E-state index contributed by atoms with van der Waals surface area (Å²) in [7, 11) is 1.90. The van der Waals surface area contributed by atoms with Gasteiger partial charge in [-0.15, -0.1) is 0 Å². The predicted molar refractivity (Wildman–Crippen MR) is 118 cm³/mol. The zero-order chi connectivity index (χ0) is 23.3. The van der Waals surface area contributed by atoms with Crippen LogP contribution < -0.4 is 16.7 Å². The summed E-state index contributed by atoms with van der Waals surface area (Å²) in [5.74, 6) is 1.08. The fourth-order valence-corrected chi connectivity index (χ4v) is 3.74. The van der Waals surface area contributed by atoms with Gasteiger partial charge >= 0.3 is 5.69 Å². The minimum Gasteiger partial charge on any atom is -0.479 e. The number of likely N-dealkylation sites (N-methyl/N-ethyl adjacent to an activating group) is 1. The van der Waals surface area contributed by atoms with E-state index in [0.717, 1.165) is 19.4 Å². The summed E-state index contributed by atoms with van der Waals surface area (Å²) < 4.78 is 12.3. The molecule has 2 aliphatic heterocycles. The molecule has 1 saturated heterocycles. The molecular formula is C19H33N7O6. The third kappa shape index (κ3) is 5.41. The van der Waals surface area contributed by atoms with Gasteiger partial charge in [-0.05, 0) is 33.4 Å². The van der Waals surface area contributed by atoms with Gasteiger partial charge in [0, 0.05) is 13.5 Å². The zero-order valence-electron chi connectivity index (χ0n) is 18.7. The Balaban J connectivity index is 1.50. The van der Waals surface area contributed by atoms with Crippen molar-refractivity contribution in [1.82, 2.24) is 14.5 Å². The number of ether oxygens (including phenoxy) is 2. The quantitative estimate of drug-likeness (QED) is 0.128. The van der Waals surface area contributed by atoms with E-state index in [2.05, 4.69) is 20.4 Å². The number of nitrogens with one attached hydrogen (secondary N) is 2. The fourth-order valence-electron chi connectivity index (χ4n) is 3.74. The number of aromatic nitrogens is 2. The highest BCUT2D eigenvalue weighted by atomic mass is 16.6. The number of aromatic amines is 1. The number of imidazole rings is 1. The van der Waals surface area contributed by atoms with Crippen LogP contribution >= 0.6 is 0 Å². The molecule has 180 valence electrons. The number of unbranched alkanes of at least 4 members (excludes halogenated alkanes) is 1. The topological polar surface area (TPSA) is 172 Å². The summed E-state index contributed by atoms with van der Waals surface area (Å²) in [5, 5.41) is 27.9. The normalized spacial score (nSPS) is 25.4. The van der Waals surface area contributed by atoms with E-state index in [-0.39, 0.29) is 12.5 Å². The highest BCUT2D eigenvalue weighted by Crippen LogP contribution is 2.32. The Labute approximate surface area is 185 Å². The van der Waals surface area contributed by atoms with Gasteiger partial charge in [-0.3, -0.25) is 0 Å². The minimum absolute atomic E-state index is 0.196. The molecule has 0 radical (unpaired) electrons. The number of aliphatic hydroxyl groups excluding tert-OH is 2. The van der Waals surface area contributed by atoms with Crippen LogP contribution in [0.4, 0.5) is 5.82 Å². The van der Waals surface area contributed by atoms with Crippen LogP contribution in [0.15, 0.2) is 14.9 Å². The van der Waals surface area contributed by atoms with Crippen LogP contribution in [0.2, 0.25) is 0 Å². The average molecular weight is 456 g/mol. The first-order valence-electron chi connectivity index (χ1n) is 10.7. The van der Waals surface area contributed by atoms with E-state index in [1.807, 2.05) is 18.9 Å². The summed E-state index contributed by atoms with van der Waals surface area (Å²) in [5.41, 5.74) is 5.67. The van der Waals surface area contributed by atoms with Crippen molar-refractivity contribution in [2.75, 3.05) is 45.3 Å². The van der Waals surface area contributed by atoms with Gasteiger partial charge in [-0.25, -0.2) is 14.4 Å². The van der Waals surface area contributed by atoms with Gasteiger partial charge in [0.25, 0.3) is 0 Å². The Morgan fingerprint density at radius 1 is 1.41 bits per heavy atom. The monoisotopic (exact) mass is 455 g/mol. The molecule has 0 aliphatic carbocycles. The van der Waals surface area contributed by atoms with Gasteiger partial charge in [0.15, 0.2) is 6.23 Å². The van der Waals surface area contributed by atoms with Crippen molar-refractivity contribution in [2.24, 2.45) is 15.9 Å². The fraction of sp³-hybridized carbons (Fsp3) is 0.737. The maximum atomic E-state index is 12.5. The zero-order valence-corrected chi connectivity index (χ0v) is 18.7. The number of aliphatic hydroxyl groups is 2. The number of aliphatic imine (C=N–C) groups is 1. The molecule has 6 N–H and O–H groups in total. The number of amidine groups is 1. The largest absolute Gasteiger partial charge is 0.479 e. The van der Waals surface area contributed by atoms with Gasteiger partial charge in [-0.2, -0.15) is 0 Å². The van der Waals surface area contributed by atoms with Crippen molar-refractivity contribution in [3.8, 4) is 0 Å². The number of rotatable bonds is 10. The second-order valence-corrected chi connectivity index (χ2v) is 7.79. The average Bonchev–Trinajstić information content (AvgIpc) is 3.22. The molecule has 1 fully saturated rings. The van der Waals surface area contributed by atoms with Gasteiger partial charge in [0.05, 0.1) is 6.61 Å². The third-order valence-electron chi connectivity index (χ3n) is 5.34. The number of hydrogen-bond donors (Lipinski definition) is 5. The third-order valence-corrected chi connectivity index (χ3v) is 5.34. The number of H-pyrrole nitrogens is 1. The van der Waals surface area contributed by atoms with Crippen molar-refractivity contribution < 1.29 is 24.5 Å². The van der Waals surface area contributed by atoms with E-state index in [1.54, 1.807) is 6.92 Å². The lowest BCUT2D eigenvalue weighted by Gasteiger charge is -2.23. The van der Waals surface area contributed by atoms with Gasteiger partial charge in [-0.1, -0.05) is 5.16 Å². The SMILES string of the molecule is CCOC(C)=NOCCCCN(C)C[C@H]1O[C@@H](n2c3c([nH]c2=O)C(N)=NCN3)[C@H](O)[C@@H]1O. The highest BCUT2D eigenvalue weighted by molar-refractivity contribution is 6.01. The number of nitrogens with zero attached hydrogens (tertiary/aromatic N) is 4. The molecule has 13 heteroatoms. The summed E-state index contributed by atoms with van der Waals surface area (Å²) in [6.07, 6.45) is -2.48. The van der Waals surface area contributed by atoms with Gasteiger partial charge in [0.1, 0.15) is 48.9 Å². The van der Waals surface area contributed by atoms with E-state index in [4.69, 9.17) is 20.0 Å². The second kappa shape index (κ2) is 10.8. The lowest BCUT2D eigenvalue weighted by molar-refractivity contribution is -0.0447. The lowest BCUT2D eigenvalue weighted by Crippen LogP contribution is -2.39. The van der Waals surface area contributed by atoms with Crippen LogP contribution in [0.1, 0.15) is 38.6 Å².